The molecule has 6 rings (SSSR count). The van der Waals surface area contributed by atoms with Gasteiger partial charge >= 0.3 is 0 Å². The number of aromatic nitrogens is 7. The first kappa shape index (κ1) is 25.5. The van der Waals surface area contributed by atoms with Gasteiger partial charge in [0.05, 0.1) is 15.6 Å². The van der Waals surface area contributed by atoms with Gasteiger partial charge in [-0.2, -0.15) is 10.2 Å². The van der Waals surface area contributed by atoms with Crippen molar-refractivity contribution in [2.24, 2.45) is 12.8 Å². The Morgan fingerprint density at radius 3 is 2.67 bits per heavy atom. The molecule has 39 heavy (non-hydrogen) atoms. The van der Waals surface area contributed by atoms with Gasteiger partial charge in [0.25, 0.3) is 0 Å². The molecule has 10 nitrogen and oxygen atoms in total. The molecule has 0 unspecified atom stereocenters. The molecule has 5 heterocycles. The predicted octanol–water partition coefficient (Wildman–Crippen LogP) is 4.75. The van der Waals surface area contributed by atoms with Crippen LogP contribution >= 0.6 is 23.2 Å². The van der Waals surface area contributed by atoms with Crippen LogP contribution in [0.2, 0.25) is 10.0 Å². The van der Waals surface area contributed by atoms with Gasteiger partial charge in [0.2, 0.25) is 0 Å². The summed E-state index contributed by atoms with van der Waals surface area (Å²) < 4.78 is 8.06. The first-order valence-electron chi connectivity index (χ1n) is 12.6. The molecule has 2 atom stereocenters. The summed E-state index contributed by atoms with van der Waals surface area (Å²) in [5.74, 6) is 1.44. The molecule has 1 saturated heterocycles. The molecule has 1 aliphatic heterocycles. The fraction of sp³-hybridized carbons (Fsp3) is 0.296. The van der Waals surface area contributed by atoms with E-state index < -0.39 is 0 Å². The highest BCUT2D eigenvalue weighted by Gasteiger charge is 2.36. The normalized spacial score (nSPS) is 18.1. The van der Waals surface area contributed by atoms with Crippen molar-refractivity contribution in [3.8, 4) is 17.1 Å². The van der Waals surface area contributed by atoms with Crippen molar-refractivity contribution in [3.05, 3.63) is 76.3 Å². The second-order valence-electron chi connectivity index (χ2n) is 9.99. The van der Waals surface area contributed by atoms with Crippen LogP contribution in [-0.4, -0.2) is 53.8 Å². The van der Waals surface area contributed by atoms with Gasteiger partial charge in [0.15, 0.2) is 5.82 Å². The number of H-pyrrole nitrogens is 1. The van der Waals surface area contributed by atoms with Crippen molar-refractivity contribution in [2.45, 2.75) is 31.4 Å². The van der Waals surface area contributed by atoms with Gasteiger partial charge in [-0.25, -0.2) is 0 Å². The van der Waals surface area contributed by atoms with Crippen LogP contribution in [0.3, 0.4) is 0 Å². The minimum atomic E-state index is -0.382. The van der Waals surface area contributed by atoms with Crippen LogP contribution in [0, 0.1) is 0 Å². The summed E-state index contributed by atoms with van der Waals surface area (Å²) in [6.07, 6.45) is 6.15. The number of fused-ring (bicyclic) bond motifs is 1. The lowest BCUT2D eigenvalue weighted by Crippen LogP contribution is -2.45. The monoisotopic (exact) mass is 563 g/mol. The Labute approximate surface area is 235 Å². The molecule has 0 bridgehead atoms. The smallest absolute Gasteiger partial charge is 0.151 e. The topological polar surface area (TPSA) is 124 Å². The second-order valence-corrected chi connectivity index (χ2v) is 10.8. The van der Waals surface area contributed by atoms with Crippen LogP contribution in [0.1, 0.15) is 30.7 Å². The highest BCUT2D eigenvalue weighted by molar-refractivity contribution is 6.35. The first-order valence-corrected chi connectivity index (χ1v) is 13.3. The largest absolute Gasteiger partial charge is 0.486 e. The maximum absolute atomic E-state index is 6.74. The SMILES string of the molecule is C[C@@H](Oc1ccc2[nH]nc(-c3ccc(N4CC[C@@](N)(Cc5ccnn5C)C4)nn3)c2c1)c1c(Cl)cncc1Cl. The second kappa shape index (κ2) is 10.1. The number of aromatic amines is 1. The number of hydrogen-bond acceptors (Lipinski definition) is 8. The summed E-state index contributed by atoms with van der Waals surface area (Å²) in [5, 5.41) is 22.6. The molecule has 5 aromatic rings. The lowest BCUT2D eigenvalue weighted by Gasteiger charge is -2.25. The highest BCUT2D eigenvalue weighted by Crippen LogP contribution is 2.35. The Morgan fingerprint density at radius 2 is 1.95 bits per heavy atom. The number of halogens is 2. The number of anilines is 1. The third kappa shape index (κ3) is 5.03. The first-order chi connectivity index (χ1) is 18.8. The van der Waals surface area contributed by atoms with Crippen LogP contribution in [0.5, 0.6) is 5.75 Å². The van der Waals surface area contributed by atoms with E-state index in [1.165, 1.54) is 0 Å². The Hall–Kier alpha value is -3.73. The number of nitrogens with zero attached hydrogens (tertiary/aromatic N) is 7. The molecule has 0 amide bonds. The molecule has 1 fully saturated rings. The zero-order valence-corrected chi connectivity index (χ0v) is 23.0. The Bertz CT molecular complexity index is 1610. The standard InChI is InChI=1S/C27H27Cl2N9O/c1-16(25-20(28)13-31-14-21(25)29)39-18-3-4-22-19(11-18)26(36-33-22)23-5-6-24(35-34-23)38-10-8-27(30,15-38)12-17-7-9-32-37(17)2/h3-7,9,11,13-14,16H,8,10,12,15,30H2,1-2H3,(H,33,36)/t16-,27-/m1/s1. The van der Waals surface area contributed by atoms with E-state index in [1.54, 1.807) is 18.6 Å². The Kier molecular flexibility index (Phi) is 6.62. The average molecular weight is 564 g/mol. The molecular formula is C27H27Cl2N9O. The third-order valence-electron chi connectivity index (χ3n) is 7.20. The van der Waals surface area contributed by atoms with Gasteiger partial charge in [-0.3, -0.25) is 14.8 Å². The summed E-state index contributed by atoms with van der Waals surface area (Å²) in [6, 6.07) is 11.6. The molecule has 12 heteroatoms. The van der Waals surface area contributed by atoms with E-state index in [0.29, 0.717) is 39.3 Å². The number of nitrogens with two attached hydrogens (primary N) is 1. The summed E-state index contributed by atoms with van der Waals surface area (Å²) in [4.78, 5) is 6.19. The highest BCUT2D eigenvalue weighted by atomic mass is 35.5. The van der Waals surface area contributed by atoms with Crippen molar-refractivity contribution in [1.82, 2.24) is 35.2 Å². The fourth-order valence-electron chi connectivity index (χ4n) is 5.13. The van der Waals surface area contributed by atoms with E-state index in [2.05, 4.69) is 35.4 Å². The van der Waals surface area contributed by atoms with Crippen LogP contribution in [-0.2, 0) is 13.5 Å². The van der Waals surface area contributed by atoms with E-state index >= 15 is 0 Å². The van der Waals surface area contributed by atoms with Crippen LogP contribution < -0.4 is 15.4 Å². The minimum absolute atomic E-state index is 0.342. The van der Waals surface area contributed by atoms with Gasteiger partial charge in [-0.15, -0.1) is 10.2 Å². The average Bonchev–Trinajstić information content (AvgIpc) is 3.63. The van der Waals surface area contributed by atoms with Crippen molar-refractivity contribution in [2.75, 3.05) is 18.0 Å². The predicted molar refractivity (Wildman–Crippen MR) is 151 cm³/mol. The van der Waals surface area contributed by atoms with E-state index in [1.807, 2.05) is 55.1 Å². The quantitative estimate of drug-likeness (QED) is 0.291. The molecule has 1 aromatic carbocycles. The summed E-state index contributed by atoms with van der Waals surface area (Å²) >= 11 is 12.6. The molecule has 0 aliphatic carbocycles. The maximum atomic E-state index is 6.74. The zero-order chi connectivity index (χ0) is 27.1. The third-order valence-corrected chi connectivity index (χ3v) is 7.80. The van der Waals surface area contributed by atoms with Crippen LogP contribution in [0.4, 0.5) is 5.82 Å². The number of pyridine rings is 1. The maximum Gasteiger partial charge on any atom is 0.151 e. The van der Waals surface area contributed by atoms with E-state index in [-0.39, 0.29) is 11.6 Å². The number of aryl methyl sites for hydroxylation is 1. The summed E-state index contributed by atoms with van der Waals surface area (Å²) in [5.41, 5.74) is 10.4. The molecule has 0 spiro atoms. The number of hydrogen-bond donors (Lipinski definition) is 2. The minimum Gasteiger partial charge on any atom is -0.486 e. The van der Waals surface area contributed by atoms with Gasteiger partial charge in [0, 0.05) is 67.3 Å². The van der Waals surface area contributed by atoms with Crippen molar-refractivity contribution >= 4 is 39.9 Å². The van der Waals surface area contributed by atoms with Crippen molar-refractivity contribution in [3.63, 3.8) is 0 Å². The van der Waals surface area contributed by atoms with Crippen LogP contribution in [0.15, 0.2) is 55.0 Å². The van der Waals surface area contributed by atoms with E-state index in [9.17, 15) is 0 Å². The molecule has 1 aliphatic rings. The Balaban J connectivity index is 1.20. The molecule has 200 valence electrons. The van der Waals surface area contributed by atoms with Crippen LogP contribution in [0.25, 0.3) is 22.3 Å². The molecule has 4 aromatic heterocycles. The fourth-order valence-corrected chi connectivity index (χ4v) is 5.80. The molecule has 3 N–H and O–H groups in total. The number of rotatable bonds is 7. The molecule has 0 saturated carbocycles. The zero-order valence-electron chi connectivity index (χ0n) is 21.5. The van der Waals surface area contributed by atoms with Gasteiger partial charge < -0.3 is 15.4 Å². The van der Waals surface area contributed by atoms with Gasteiger partial charge in [0.1, 0.15) is 23.2 Å². The Morgan fingerprint density at radius 1 is 1.13 bits per heavy atom. The van der Waals surface area contributed by atoms with Gasteiger partial charge in [-0.1, -0.05) is 23.2 Å². The number of nitrogens with one attached hydrogen (secondary N) is 1. The molecular weight excluding hydrogens is 537 g/mol. The number of ether oxygens (including phenoxy) is 1. The van der Waals surface area contributed by atoms with E-state index in [4.69, 9.17) is 33.7 Å². The lowest BCUT2D eigenvalue weighted by molar-refractivity contribution is 0.227. The summed E-state index contributed by atoms with van der Waals surface area (Å²) in [6.45, 7) is 3.41. The molecule has 0 radical (unpaired) electrons. The van der Waals surface area contributed by atoms with E-state index in [0.717, 1.165) is 41.8 Å². The van der Waals surface area contributed by atoms with Gasteiger partial charge in [-0.05, 0) is 49.7 Å². The van der Waals surface area contributed by atoms with Crippen molar-refractivity contribution in [1.29, 1.82) is 0 Å². The van der Waals surface area contributed by atoms with Crippen molar-refractivity contribution < 1.29 is 4.74 Å². The lowest BCUT2D eigenvalue weighted by atomic mass is 9.94. The number of benzene rings is 1. The summed E-state index contributed by atoms with van der Waals surface area (Å²) in [7, 11) is 1.94.